The molecule has 1 aromatic rings. The summed E-state index contributed by atoms with van der Waals surface area (Å²) in [6.45, 7) is 0. The van der Waals surface area contributed by atoms with Crippen LogP contribution in [0.15, 0.2) is 6.07 Å². The molecule has 106 valence electrons. The third-order valence-electron chi connectivity index (χ3n) is 2.10. The summed E-state index contributed by atoms with van der Waals surface area (Å²) in [5.41, 5.74) is -2.64. The maximum absolute atomic E-state index is 12.7. The number of esters is 1. The lowest BCUT2D eigenvalue weighted by atomic mass is 10.1. The Hall–Kier alpha value is -1.00. The van der Waals surface area contributed by atoms with E-state index in [1.165, 1.54) is 0 Å². The largest absolute Gasteiger partial charge is 0.469 e. The van der Waals surface area contributed by atoms with Crippen LogP contribution in [-0.2, 0) is 22.1 Å². The molecule has 0 amide bonds. The minimum atomic E-state index is -4.80. The highest BCUT2D eigenvalue weighted by Gasteiger charge is 2.36. The number of hydrogen-bond acceptors (Lipinski definition) is 3. The fourth-order valence-corrected chi connectivity index (χ4v) is 2.08. The van der Waals surface area contributed by atoms with Crippen LogP contribution < -0.4 is 0 Å². The third kappa shape index (κ3) is 3.98. The van der Waals surface area contributed by atoms with Gasteiger partial charge in [0.15, 0.2) is 0 Å². The molecule has 0 spiro atoms. The van der Waals surface area contributed by atoms with E-state index in [9.17, 15) is 26.7 Å². The number of hydrogen-bond donors (Lipinski definition) is 0. The van der Waals surface area contributed by atoms with Gasteiger partial charge in [-0.15, -0.1) is 0 Å². The molecular formula is C10H7F5INO2. The molecule has 0 aromatic carbocycles. The first-order valence-electron chi connectivity index (χ1n) is 4.78. The van der Waals surface area contributed by atoms with Gasteiger partial charge < -0.3 is 4.74 Å². The van der Waals surface area contributed by atoms with Crippen molar-refractivity contribution in [1.82, 2.24) is 4.98 Å². The van der Waals surface area contributed by atoms with Crippen molar-refractivity contribution in [3.8, 4) is 0 Å². The van der Waals surface area contributed by atoms with Crippen molar-refractivity contribution in [3.63, 3.8) is 0 Å². The van der Waals surface area contributed by atoms with Crippen molar-refractivity contribution in [2.75, 3.05) is 7.11 Å². The van der Waals surface area contributed by atoms with Crippen LogP contribution in [0.3, 0.4) is 0 Å². The molecule has 0 saturated carbocycles. The standard InChI is InChI=1S/C10H7F5INO2/c1-19-6(18)3-4-2-5(10(13,14)15)7(16)8(17-4)9(11)12/h2,9H,3H2,1H3. The third-order valence-corrected chi connectivity index (χ3v) is 3.24. The summed E-state index contributed by atoms with van der Waals surface area (Å²) in [6, 6.07) is 0.574. The molecule has 0 aliphatic rings. The maximum atomic E-state index is 12.7. The average molecular weight is 395 g/mol. The van der Waals surface area contributed by atoms with Crippen molar-refractivity contribution in [3.05, 3.63) is 26.6 Å². The first-order chi connectivity index (χ1) is 8.66. The number of pyridine rings is 1. The number of carbonyl (C=O) groups is 1. The van der Waals surface area contributed by atoms with Gasteiger partial charge in [-0.25, -0.2) is 8.78 Å². The van der Waals surface area contributed by atoms with Crippen LogP contribution in [0.5, 0.6) is 0 Å². The van der Waals surface area contributed by atoms with Crippen molar-refractivity contribution in [1.29, 1.82) is 0 Å². The lowest BCUT2D eigenvalue weighted by molar-refractivity contribution is -0.141. The van der Waals surface area contributed by atoms with E-state index < -0.39 is 45.5 Å². The molecule has 0 unspecified atom stereocenters. The summed E-state index contributed by atoms with van der Waals surface area (Å²) in [5, 5.41) is 0. The van der Waals surface area contributed by atoms with Crippen molar-refractivity contribution in [2.45, 2.75) is 19.0 Å². The van der Waals surface area contributed by atoms with E-state index in [2.05, 4.69) is 9.72 Å². The zero-order valence-corrected chi connectivity index (χ0v) is 11.6. The predicted octanol–water partition coefficient (Wildman–Crippen LogP) is 3.36. The molecule has 0 aliphatic heterocycles. The molecule has 3 nitrogen and oxygen atoms in total. The molecular weight excluding hydrogens is 388 g/mol. The van der Waals surface area contributed by atoms with E-state index >= 15 is 0 Å². The Labute approximate surface area is 118 Å². The van der Waals surface area contributed by atoms with Gasteiger partial charge in [0.05, 0.1) is 28.4 Å². The van der Waals surface area contributed by atoms with Crippen LogP contribution in [0.4, 0.5) is 22.0 Å². The number of rotatable bonds is 3. The average Bonchev–Trinajstić information content (AvgIpc) is 2.29. The zero-order chi connectivity index (χ0) is 14.8. The molecule has 0 fully saturated rings. The molecule has 0 N–H and O–H groups in total. The summed E-state index contributed by atoms with van der Waals surface area (Å²) in [7, 11) is 1.04. The Kier molecular flexibility index (Phi) is 5.04. The van der Waals surface area contributed by atoms with Crippen LogP contribution in [-0.4, -0.2) is 18.1 Å². The Morgan fingerprint density at radius 3 is 2.47 bits per heavy atom. The van der Waals surface area contributed by atoms with E-state index in [0.717, 1.165) is 29.7 Å². The minimum Gasteiger partial charge on any atom is -0.469 e. The summed E-state index contributed by atoms with van der Waals surface area (Å²) in [4.78, 5) is 14.4. The van der Waals surface area contributed by atoms with E-state index in [1.54, 1.807) is 0 Å². The molecule has 1 aromatic heterocycles. The topological polar surface area (TPSA) is 39.2 Å². The molecule has 19 heavy (non-hydrogen) atoms. The van der Waals surface area contributed by atoms with Crippen molar-refractivity contribution < 1.29 is 31.5 Å². The summed E-state index contributed by atoms with van der Waals surface area (Å²) in [6.07, 6.45) is -8.56. The Morgan fingerprint density at radius 2 is 2.05 bits per heavy atom. The Balaban J connectivity index is 3.35. The fourth-order valence-electron chi connectivity index (χ4n) is 1.27. The summed E-state index contributed by atoms with van der Waals surface area (Å²) >= 11 is 1.16. The number of carbonyl (C=O) groups excluding carboxylic acids is 1. The monoisotopic (exact) mass is 395 g/mol. The first-order valence-corrected chi connectivity index (χ1v) is 5.86. The predicted molar refractivity (Wildman–Crippen MR) is 62.6 cm³/mol. The van der Waals surface area contributed by atoms with E-state index in [-0.39, 0.29) is 0 Å². The lowest BCUT2D eigenvalue weighted by Crippen LogP contribution is -2.15. The van der Waals surface area contributed by atoms with Crippen molar-refractivity contribution >= 4 is 28.6 Å². The number of aromatic nitrogens is 1. The molecule has 1 heterocycles. The number of alkyl halides is 5. The second kappa shape index (κ2) is 5.97. The van der Waals surface area contributed by atoms with Gasteiger partial charge in [0.2, 0.25) is 0 Å². The lowest BCUT2D eigenvalue weighted by Gasteiger charge is -2.14. The van der Waals surface area contributed by atoms with Crippen LogP contribution in [0, 0.1) is 3.57 Å². The summed E-state index contributed by atoms with van der Waals surface area (Å²) < 4.78 is 67.0. The molecule has 0 bridgehead atoms. The van der Waals surface area contributed by atoms with Gasteiger partial charge in [0.25, 0.3) is 6.43 Å². The minimum absolute atomic E-state index is 0.408. The number of halogens is 6. The van der Waals surface area contributed by atoms with Gasteiger partial charge >= 0.3 is 12.1 Å². The Morgan fingerprint density at radius 1 is 1.47 bits per heavy atom. The Bertz CT molecular complexity index is 490. The van der Waals surface area contributed by atoms with E-state index in [0.29, 0.717) is 6.07 Å². The van der Waals surface area contributed by atoms with Gasteiger partial charge in [0, 0.05) is 0 Å². The van der Waals surface area contributed by atoms with Crippen LogP contribution in [0.2, 0.25) is 0 Å². The van der Waals surface area contributed by atoms with Gasteiger partial charge in [0.1, 0.15) is 5.69 Å². The van der Waals surface area contributed by atoms with E-state index in [1.807, 2.05) is 0 Å². The van der Waals surface area contributed by atoms with Gasteiger partial charge in [-0.2, -0.15) is 13.2 Å². The normalized spacial score (nSPS) is 11.8. The molecule has 0 saturated heterocycles. The smallest absolute Gasteiger partial charge is 0.417 e. The van der Waals surface area contributed by atoms with Crippen molar-refractivity contribution in [2.24, 2.45) is 0 Å². The molecule has 0 atom stereocenters. The highest BCUT2D eigenvalue weighted by molar-refractivity contribution is 14.1. The molecule has 0 radical (unpaired) electrons. The van der Waals surface area contributed by atoms with Crippen LogP contribution in [0.1, 0.15) is 23.4 Å². The first kappa shape index (κ1) is 16.1. The van der Waals surface area contributed by atoms with Gasteiger partial charge in [-0.1, -0.05) is 0 Å². The molecule has 9 heteroatoms. The number of ether oxygens (including phenoxy) is 1. The second-order valence-corrected chi connectivity index (χ2v) is 4.49. The van der Waals surface area contributed by atoms with Gasteiger partial charge in [-0.3, -0.25) is 9.78 Å². The van der Waals surface area contributed by atoms with Gasteiger partial charge in [-0.05, 0) is 28.7 Å². The SMILES string of the molecule is COC(=O)Cc1cc(C(F)(F)F)c(I)c(C(F)F)n1. The quantitative estimate of drug-likeness (QED) is 0.448. The molecule has 1 rings (SSSR count). The number of methoxy groups -OCH3 is 1. The van der Waals surface area contributed by atoms with Crippen LogP contribution in [0.25, 0.3) is 0 Å². The zero-order valence-electron chi connectivity index (χ0n) is 9.39. The highest BCUT2D eigenvalue weighted by Crippen LogP contribution is 2.36. The second-order valence-electron chi connectivity index (χ2n) is 3.41. The maximum Gasteiger partial charge on any atom is 0.417 e. The fraction of sp³-hybridized carbons (Fsp3) is 0.400. The summed E-state index contributed by atoms with van der Waals surface area (Å²) in [5.74, 6) is -0.859. The highest BCUT2D eigenvalue weighted by atomic mass is 127. The van der Waals surface area contributed by atoms with E-state index in [4.69, 9.17) is 0 Å². The number of nitrogens with zero attached hydrogens (tertiary/aromatic N) is 1. The molecule has 0 aliphatic carbocycles. The van der Waals surface area contributed by atoms with Crippen LogP contribution >= 0.6 is 22.6 Å².